The number of hydrogen-bond donors (Lipinski definition) is 3. The van der Waals surface area contributed by atoms with Crippen molar-refractivity contribution in [2.24, 2.45) is 23.0 Å². The van der Waals surface area contributed by atoms with Crippen molar-refractivity contribution in [2.45, 2.75) is 109 Å². The fraction of sp³-hybridized carbons (Fsp3) is 0.564. The van der Waals surface area contributed by atoms with Crippen molar-refractivity contribution in [3.63, 3.8) is 0 Å². The van der Waals surface area contributed by atoms with Gasteiger partial charge in [-0.2, -0.15) is 0 Å². The Morgan fingerprint density at radius 1 is 1.17 bits per heavy atom. The van der Waals surface area contributed by atoms with E-state index in [0.29, 0.717) is 35.6 Å². The van der Waals surface area contributed by atoms with Crippen LogP contribution in [0.3, 0.4) is 0 Å². The summed E-state index contributed by atoms with van der Waals surface area (Å²) in [6.45, 7) is 18.9. The number of hydrogen-bond acceptors (Lipinski definition) is 11. The second-order valence-corrected chi connectivity index (χ2v) is 19.8. The number of likely N-dealkylation sites (tertiary alicyclic amines) is 1. The molecule has 1 aliphatic heterocycles. The van der Waals surface area contributed by atoms with Crippen molar-refractivity contribution in [3.8, 4) is 22.2 Å². The number of fused-ring (bicyclic) bond motifs is 1. The molecule has 4 N–H and O–H groups in total. The second kappa shape index (κ2) is 13.9. The molecular weight excluding hydrogens is 729 g/mol. The Hall–Kier alpha value is -4.08. The zero-order valence-corrected chi connectivity index (χ0v) is 34.1. The normalized spacial score (nSPS) is 25.3. The standard InChI is InChI=1S/C39H52N6O7S2/c1-11-23-17-39(23,36(48)44-54(49,50)38(9)14-15-38)43-33(46)31-22(5)29(18-45(31)35(47)32(40)37(6,7)8)52-28-16-25(34-42-26(19-53-34)20(2)3)41-30-21(4)27(51-10)13-12-24(28)30/h11-13,16,19-20,22-23,29,31-32H,1,14-15,17-18,40H2,2-10H3,(H,43,46)(H,44,48). The van der Waals surface area contributed by atoms with Crippen molar-refractivity contribution < 1.29 is 32.3 Å². The van der Waals surface area contributed by atoms with Crippen LogP contribution in [0.4, 0.5) is 0 Å². The Labute approximate surface area is 321 Å². The first-order valence-electron chi connectivity index (χ1n) is 18.4. The van der Waals surface area contributed by atoms with E-state index in [1.807, 2.05) is 58.2 Å². The lowest BCUT2D eigenvalue weighted by molar-refractivity contribution is -0.143. The fourth-order valence-electron chi connectivity index (χ4n) is 7.01. The van der Waals surface area contributed by atoms with Crippen molar-refractivity contribution in [3.05, 3.63) is 47.5 Å². The number of thiazole rings is 1. The Morgan fingerprint density at radius 2 is 1.85 bits per heavy atom. The van der Waals surface area contributed by atoms with Crippen LogP contribution in [0, 0.1) is 24.2 Å². The molecule has 54 heavy (non-hydrogen) atoms. The molecule has 3 heterocycles. The highest BCUT2D eigenvalue weighted by Gasteiger charge is 2.63. The van der Waals surface area contributed by atoms with Gasteiger partial charge in [0.05, 0.1) is 35.7 Å². The highest BCUT2D eigenvalue weighted by Crippen LogP contribution is 2.47. The summed E-state index contributed by atoms with van der Waals surface area (Å²) in [5.74, 6) is -1.57. The van der Waals surface area contributed by atoms with E-state index in [2.05, 4.69) is 30.5 Å². The van der Waals surface area contributed by atoms with Gasteiger partial charge in [0.15, 0.2) is 0 Å². The van der Waals surface area contributed by atoms with Gasteiger partial charge in [0, 0.05) is 34.2 Å². The highest BCUT2D eigenvalue weighted by molar-refractivity contribution is 7.91. The maximum Gasteiger partial charge on any atom is 0.259 e. The van der Waals surface area contributed by atoms with Crippen molar-refractivity contribution in [1.29, 1.82) is 0 Å². The molecule has 15 heteroatoms. The monoisotopic (exact) mass is 780 g/mol. The highest BCUT2D eigenvalue weighted by atomic mass is 32.2. The molecule has 1 aromatic carbocycles. The summed E-state index contributed by atoms with van der Waals surface area (Å²) >= 11 is 1.49. The van der Waals surface area contributed by atoms with E-state index in [0.717, 1.165) is 21.7 Å². The average molecular weight is 781 g/mol. The number of ether oxygens (including phenoxy) is 2. The van der Waals surface area contributed by atoms with E-state index in [1.54, 1.807) is 14.0 Å². The number of carbonyl (C=O) groups is 3. The zero-order valence-electron chi connectivity index (χ0n) is 32.5. The first kappa shape index (κ1) is 39.6. The molecule has 0 spiro atoms. The average Bonchev–Trinajstić information content (AvgIpc) is 3.92. The number of amides is 3. The van der Waals surface area contributed by atoms with E-state index < -0.39 is 73.5 Å². The molecular formula is C39H52N6O7S2. The maximum absolute atomic E-state index is 14.5. The summed E-state index contributed by atoms with van der Waals surface area (Å²) in [4.78, 5) is 53.6. The van der Waals surface area contributed by atoms with Gasteiger partial charge in [-0.3, -0.25) is 19.1 Å². The van der Waals surface area contributed by atoms with Crippen LogP contribution in [0.1, 0.15) is 84.9 Å². The molecule has 3 fully saturated rings. The third-order valence-corrected chi connectivity index (χ3v) is 14.4. The smallest absolute Gasteiger partial charge is 0.259 e. The summed E-state index contributed by atoms with van der Waals surface area (Å²) in [6.07, 6.45) is 1.89. The minimum atomic E-state index is -3.98. The van der Waals surface area contributed by atoms with E-state index in [1.165, 1.54) is 22.3 Å². The minimum Gasteiger partial charge on any atom is -0.496 e. The number of sulfonamides is 1. The molecule has 2 aromatic heterocycles. The number of nitrogens with one attached hydrogen (secondary N) is 2. The molecule has 1 saturated heterocycles. The third-order valence-electron chi connectivity index (χ3n) is 11.4. The molecule has 6 unspecified atom stereocenters. The molecule has 292 valence electrons. The lowest BCUT2D eigenvalue weighted by atomic mass is 9.86. The number of rotatable bonds is 12. The van der Waals surface area contributed by atoms with Crippen LogP contribution < -0.4 is 25.2 Å². The lowest BCUT2D eigenvalue weighted by Crippen LogP contribution is -2.60. The van der Waals surface area contributed by atoms with Gasteiger partial charge in [0.1, 0.15) is 39.9 Å². The van der Waals surface area contributed by atoms with Gasteiger partial charge in [0.2, 0.25) is 21.8 Å². The Bertz CT molecular complexity index is 2120. The van der Waals surface area contributed by atoms with Gasteiger partial charge in [-0.25, -0.2) is 18.4 Å². The number of nitrogens with zero attached hydrogens (tertiary/aromatic N) is 3. The lowest BCUT2D eigenvalue weighted by Gasteiger charge is -2.33. The van der Waals surface area contributed by atoms with Crippen LogP contribution in [0.2, 0.25) is 0 Å². The van der Waals surface area contributed by atoms with Crippen molar-refractivity contribution in [2.75, 3.05) is 13.7 Å². The van der Waals surface area contributed by atoms with Gasteiger partial charge in [-0.05, 0) is 56.6 Å². The van der Waals surface area contributed by atoms with Gasteiger partial charge < -0.3 is 25.4 Å². The zero-order chi connectivity index (χ0) is 39.7. The number of pyridine rings is 1. The van der Waals surface area contributed by atoms with Crippen LogP contribution in [0.15, 0.2) is 36.2 Å². The van der Waals surface area contributed by atoms with E-state index >= 15 is 0 Å². The summed E-state index contributed by atoms with van der Waals surface area (Å²) < 4.78 is 39.7. The first-order valence-corrected chi connectivity index (χ1v) is 20.7. The second-order valence-electron chi connectivity index (χ2n) is 16.7. The Morgan fingerprint density at radius 3 is 2.41 bits per heavy atom. The number of aryl methyl sites for hydroxylation is 1. The summed E-state index contributed by atoms with van der Waals surface area (Å²) in [7, 11) is -2.38. The SMILES string of the molecule is C=CC1CC1(NC(=O)C1C(C)C(Oc2cc(-c3nc(C(C)C)cs3)nc3c(C)c(OC)ccc23)CN1C(=O)C(N)C(C)(C)C)C(=O)NS(=O)(=O)C1(C)CC1. The van der Waals surface area contributed by atoms with Crippen molar-refractivity contribution >= 4 is 50.0 Å². The van der Waals surface area contributed by atoms with Crippen molar-refractivity contribution in [1.82, 2.24) is 24.9 Å². The molecule has 2 saturated carbocycles. The van der Waals surface area contributed by atoms with Crippen LogP contribution in [0.5, 0.6) is 11.5 Å². The molecule has 6 rings (SSSR count). The molecule has 0 bridgehead atoms. The van der Waals surface area contributed by atoms with Crippen LogP contribution >= 0.6 is 11.3 Å². The Kier molecular flexibility index (Phi) is 10.2. The quantitative estimate of drug-likeness (QED) is 0.216. The molecule has 6 atom stereocenters. The molecule has 3 amide bonds. The van der Waals surface area contributed by atoms with Crippen LogP contribution in [-0.4, -0.2) is 83.1 Å². The van der Waals surface area contributed by atoms with Gasteiger partial charge >= 0.3 is 0 Å². The minimum absolute atomic E-state index is 0.0295. The summed E-state index contributed by atoms with van der Waals surface area (Å²) in [6, 6.07) is 3.51. The van der Waals surface area contributed by atoms with Gasteiger partial charge in [0.25, 0.3) is 5.91 Å². The summed E-state index contributed by atoms with van der Waals surface area (Å²) in [5.41, 5.74) is 7.39. The molecule has 0 radical (unpaired) electrons. The molecule has 3 aliphatic rings. The predicted molar refractivity (Wildman–Crippen MR) is 209 cm³/mol. The van der Waals surface area contributed by atoms with Crippen LogP contribution in [0.25, 0.3) is 21.6 Å². The maximum atomic E-state index is 14.5. The van der Waals surface area contributed by atoms with E-state index in [9.17, 15) is 22.8 Å². The summed E-state index contributed by atoms with van der Waals surface area (Å²) in [5, 5.41) is 6.32. The fourth-order valence-corrected chi connectivity index (χ4v) is 9.26. The number of methoxy groups -OCH3 is 1. The van der Waals surface area contributed by atoms with E-state index in [-0.39, 0.29) is 18.9 Å². The first-order chi connectivity index (χ1) is 25.2. The number of nitrogens with two attached hydrogens (primary N) is 1. The van der Waals surface area contributed by atoms with Gasteiger partial charge in [-0.1, -0.05) is 47.6 Å². The largest absolute Gasteiger partial charge is 0.496 e. The molecule has 2 aliphatic carbocycles. The topological polar surface area (TPSA) is 183 Å². The Balaban J connectivity index is 1.36. The molecule has 13 nitrogen and oxygen atoms in total. The molecule has 3 aromatic rings. The van der Waals surface area contributed by atoms with Crippen LogP contribution in [-0.2, 0) is 24.4 Å². The third kappa shape index (κ3) is 6.98. The number of carbonyl (C=O) groups excluding carboxylic acids is 3. The number of benzene rings is 1. The predicted octanol–water partition coefficient (Wildman–Crippen LogP) is 4.83. The number of aromatic nitrogens is 2. The van der Waals surface area contributed by atoms with E-state index in [4.69, 9.17) is 25.2 Å². The van der Waals surface area contributed by atoms with Gasteiger partial charge in [-0.15, -0.1) is 17.9 Å².